The number of halogens is 3. The van der Waals surface area contributed by atoms with Crippen molar-refractivity contribution >= 4 is 15.9 Å². The van der Waals surface area contributed by atoms with Crippen LogP contribution in [0.4, 0.5) is 13.2 Å². The third-order valence-corrected chi connectivity index (χ3v) is 6.26. The van der Waals surface area contributed by atoms with Gasteiger partial charge in [0.05, 0.1) is 10.5 Å². The zero-order valence-electron chi connectivity index (χ0n) is 21.2. The van der Waals surface area contributed by atoms with Crippen LogP contribution in [0.2, 0.25) is 0 Å². The third kappa shape index (κ3) is 15.6. The number of benzene rings is 1. The second kappa shape index (κ2) is 18.2. The molecule has 0 unspecified atom stereocenters. The van der Waals surface area contributed by atoms with Gasteiger partial charge in [-0.2, -0.15) is 13.2 Å². The number of allylic oxidation sites excluding steroid dienone is 12. The minimum Gasteiger partial charge on any atom is -0.274 e. The lowest BCUT2D eigenvalue weighted by molar-refractivity contribution is -0.137. The van der Waals surface area contributed by atoms with E-state index in [1.54, 1.807) is 6.08 Å². The van der Waals surface area contributed by atoms with Gasteiger partial charge in [0.1, 0.15) is 0 Å². The summed E-state index contributed by atoms with van der Waals surface area (Å²) < 4.78 is 64.0. The number of rotatable bonds is 16. The Bertz CT molecular complexity index is 1080. The standard InChI is InChI=1S/C29H36F3NO3S/c1-2-3-4-5-6-7-8-9-10-11-12-13-14-15-16-17-18-19-20-21-28(34)33-37(35,36)27-24-22-26(23-25-27)29(30,31)32/h3-4,6-7,9-10,12-13,15-16,18-19,22-25H,2,5,8,11,14,17,20-21H2,1H3,(H,33,34)/b4-3-,7-6-,10-9-,13-12-,16-15-,19-18-. The fourth-order valence-corrected chi connectivity index (χ4v) is 3.95. The smallest absolute Gasteiger partial charge is 0.274 e. The molecule has 0 saturated heterocycles. The van der Waals surface area contributed by atoms with Crippen LogP contribution in [0, 0.1) is 0 Å². The molecule has 8 heteroatoms. The molecule has 1 aromatic carbocycles. The molecule has 0 aromatic heterocycles. The Morgan fingerprint density at radius 3 is 1.54 bits per heavy atom. The number of hydrogen-bond donors (Lipinski definition) is 1. The fraction of sp³-hybridized carbons (Fsp3) is 0.345. The quantitative estimate of drug-likeness (QED) is 0.218. The van der Waals surface area contributed by atoms with E-state index in [-0.39, 0.29) is 6.42 Å². The van der Waals surface area contributed by atoms with Crippen LogP contribution in [0.3, 0.4) is 0 Å². The summed E-state index contributed by atoms with van der Waals surface area (Å²) in [6.07, 6.45) is 26.0. The predicted octanol–water partition coefficient (Wildman–Crippen LogP) is 7.99. The maximum atomic E-state index is 12.6. The second-order valence-electron chi connectivity index (χ2n) is 8.00. The highest BCUT2D eigenvalue weighted by Gasteiger charge is 2.30. The van der Waals surface area contributed by atoms with E-state index in [1.807, 2.05) is 23.0 Å². The molecule has 0 radical (unpaired) electrons. The Hall–Kier alpha value is -3.13. The van der Waals surface area contributed by atoms with Crippen LogP contribution in [-0.4, -0.2) is 14.3 Å². The summed E-state index contributed by atoms with van der Waals surface area (Å²) in [4.78, 5) is 11.5. The van der Waals surface area contributed by atoms with Crippen molar-refractivity contribution in [2.24, 2.45) is 0 Å². The summed E-state index contributed by atoms with van der Waals surface area (Å²) in [5.74, 6) is -0.723. The highest BCUT2D eigenvalue weighted by Crippen LogP contribution is 2.29. The van der Waals surface area contributed by atoms with Gasteiger partial charge in [-0.05, 0) is 69.2 Å². The molecule has 0 aliphatic carbocycles. The molecular formula is C29H36F3NO3S. The largest absolute Gasteiger partial charge is 0.416 e. The highest BCUT2D eigenvalue weighted by atomic mass is 32.2. The number of hydrogen-bond acceptors (Lipinski definition) is 3. The molecule has 1 rings (SSSR count). The maximum Gasteiger partial charge on any atom is 0.416 e. The van der Waals surface area contributed by atoms with Gasteiger partial charge in [-0.1, -0.05) is 79.8 Å². The first-order valence-electron chi connectivity index (χ1n) is 12.3. The molecule has 4 nitrogen and oxygen atoms in total. The molecule has 0 bridgehead atoms. The molecule has 0 aliphatic heterocycles. The maximum absolute atomic E-state index is 12.6. The lowest BCUT2D eigenvalue weighted by Gasteiger charge is -2.09. The Kier molecular flexibility index (Phi) is 15.7. The third-order valence-electron chi connectivity index (χ3n) is 4.87. The zero-order valence-corrected chi connectivity index (χ0v) is 22.0. The van der Waals surface area contributed by atoms with Gasteiger partial charge in [0.25, 0.3) is 10.0 Å². The van der Waals surface area contributed by atoms with Crippen LogP contribution in [0.15, 0.2) is 102 Å². The average molecular weight is 536 g/mol. The van der Waals surface area contributed by atoms with Crippen molar-refractivity contribution in [3.8, 4) is 0 Å². The van der Waals surface area contributed by atoms with Crippen molar-refractivity contribution in [1.29, 1.82) is 0 Å². The molecule has 1 aromatic rings. The van der Waals surface area contributed by atoms with Crippen LogP contribution in [0.5, 0.6) is 0 Å². The lowest BCUT2D eigenvalue weighted by Crippen LogP contribution is -2.30. The number of carbonyl (C=O) groups excluding carboxylic acids is 1. The van der Waals surface area contributed by atoms with Crippen molar-refractivity contribution in [2.45, 2.75) is 69.4 Å². The minimum atomic E-state index is -4.56. The molecule has 0 heterocycles. The van der Waals surface area contributed by atoms with Crippen molar-refractivity contribution in [1.82, 2.24) is 4.72 Å². The molecular weight excluding hydrogens is 499 g/mol. The van der Waals surface area contributed by atoms with E-state index in [1.165, 1.54) is 0 Å². The Balaban J connectivity index is 2.19. The molecule has 0 atom stereocenters. The molecule has 1 N–H and O–H groups in total. The zero-order chi connectivity index (χ0) is 27.4. The number of alkyl halides is 3. The summed E-state index contributed by atoms with van der Waals surface area (Å²) in [6, 6.07) is 2.97. The Labute approximate surface area is 219 Å². The van der Waals surface area contributed by atoms with Crippen molar-refractivity contribution in [2.75, 3.05) is 0 Å². The van der Waals surface area contributed by atoms with E-state index in [0.717, 1.165) is 44.2 Å². The summed E-state index contributed by atoms with van der Waals surface area (Å²) in [5, 5.41) is 0. The van der Waals surface area contributed by atoms with E-state index >= 15 is 0 Å². The molecule has 37 heavy (non-hydrogen) atoms. The SMILES string of the molecule is CC/C=C\C/C=C\C/C=C\C/C=C\C/C=C\C/C=C\CCC(=O)NS(=O)(=O)c1ccc(C(F)(F)F)cc1. The summed E-state index contributed by atoms with van der Waals surface area (Å²) in [5.41, 5.74) is -0.963. The fourth-order valence-electron chi connectivity index (χ4n) is 2.94. The molecule has 0 spiro atoms. The van der Waals surface area contributed by atoms with E-state index < -0.39 is 32.6 Å². The van der Waals surface area contributed by atoms with Gasteiger partial charge in [0.15, 0.2) is 0 Å². The predicted molar refractivity (Wildman–Crippen MR) is 144 cm³/mol. The van der Waals surface area contributed by atoms with Gasteiger partial charge in [-0.3, -0.25) is 4.79 Å². The molecule has 0 saturated carbocycles. The van der Waals surface area contributed by atoms with Gasteiger partial charge in [-0.25, -0.2) is 13.1 Å². The van der Waals surface area contributed by atoms with E-state index in [9.17, 15) is 26.4 Å². The summed E-state index contributed by atoms with van der Waals surface area (Å²) in [6.45, 7) is 2.12. The first kappa shape index (κ1) is 31.9. The topological polar surface area (TPSA) is 63.2 Å². The van der Waals surface area contributed by atoms with Crippen LogP contribution in [0.25, 0.3) is 0 Å². The number of sulfonamides is 1. The van der Waals surface area contributed by atoms with E-state index in [0.29, 0.717) is 25.0 Å². The molecule has 0 fully saturated rings. The summed E-state index contributed by atoms with van der Waals surface area (Å²) in [7, 11) is -4.21. The van der Waals surface area contributed by atoms with Gasteiger partial charge in [0, 0.05) is 6.42 Å². The number of nitrogens with one attached hydrogen (secondary N) is 1. The van der Waals surface area contributed by atoms with Gasteiger partial charge >= 0.3 is 6.18 Å². The van der Waals surface area contributed by atoms with Gasteiger partial charge in [-0.15, -0.1) is 0 Å². The number of carbonyl (C=O) groups is 1. The molecule has 202 valence electrons. The van der Waals surface area contributed by atoms with Crippen molar-refractivity contribution in [3.05, 3.63) is 103 Å². The average Bonchev–Trinajstić information content (AvgIpc) is 2.84. The van der Waals surface area contributed by atoms with Gasteiger partial charge < -0.3 is 0 Å². The monoisotopic (exact) mass is 535 g/mol. The van der Waals surface area contributed by atoms with Crippen molar-refractivity contribution < 1.29 is 26.4 Å². The lowest BCUT2D eigenvalue weighted by atomic mass is 10.2. The van der Waals surface area contributed by atoms with Crippen LogP contribution >= 0.6 is 0 Å². The van der Waals surface area contributed by atoms with Gasteiger partial charge in [0.2, 0.25) is 5.91 Å². The first-order chi connectivity index (χ1) is 17.7. The van der Waals surface area contributed by atoms with Crippen molar-refractivity contribution in [3.63, 3.8) is 0 Å². The van der Waals surface area contributed by atoms with E-state index in [4.69, 9.17) is 0 Å². The van der Waals surface area contributed by atoms with Crippen LogP contribution in [-0.2, 0) is 21.0 Å². The van der Waals surface area contributed by atoms with Crippen LogP contribution < -0.4 is 4.72 Å². The molecule has 1 amide bonds. The highest BCUT2D eigenvalue weighted by molar-refractivity contribution is 7.90. The first-order valence-corrected chi connectivity index (χ1v) is 13.8. The van der Waals surface area contributed by atoms with E-state index in [2.05, 4.69) is 55.5 Å². The Morgan fingerprint density at radius 1 is 0.730 bits per heavy atom. The Morgan fingerprint density at radius 2 is 1.14 bits per heavy atom. The summed E-state index contributed by atoms with van der Waals surface area (Å²) >= 11 is 0. The number of amides is 1. The second-order valence-corrected chi connectivity index (χ2v) is 9.69. The molecule has 0 aliphatic rings. The minimum absolute atomic E-state index is 0.0535. The normalized spacial score (nSPS) is 13.4. The van der Waals surface area contributed by atoms with Crippen LogP contribution in [0.1, 0.15) is 63.9 Å².